The molecule has 0 amide bonds. The molecule has 4 rings (SSSR count). The van der Waals surface area contributed by atoms with Crippen LogP contribution in [0.15, 0.2) is 66.0 Å². The van der Waals surface area contributed by atoms with Gasteiger partial charge in [0.05, 0.1) is 39.8 Å². The van der Waals surface area contributed by atoms with Crippen LogP contribution < -0.4 is 0 Å². The quantitative estimate of drug-likeness (QED) is 0.552. The minimum atomic E-state index is -0.866. The summed E-state index contributed by atoms with van der Waals surface area (Å²) >= 11 is 1.26. The van der Waals surface area contributed by atoms with Crippen molar-refractivity contribution in [3.63, 3.8) is 0 Å². The van der Waals surface area contributed by atoms with E-state index in [2.05, 4.69) is 11.1 Å². The Bertz CT molecular complexity index is 1190. The molecular weight excluding hydrogens is 346 g/mol. The van der Waals surface area contributed by atoms with Crippen LogP contribution in [0.1, 0.15) is 5.56 Å². The van der Waals surface area contributed by atoms with E-state index in [1.54, 1.807) is 18.5 Å². The zero-order valence-corrected chi connectivity index (χ0v) is 14.4. The van der Waals surface area contributed by atoms with Crippen LogP contribution in [0.3, 0.4) is 0 Å². The van der Waals surface area contributed by atoms with Gasteiger partial charge in [-0.15, -0.1) is 0 Å². The molecule has 4 aromatic rings. The summed E-state index contributed by atoms with van der Waals surface area (Å²) in [7, 11) is 0. The van der Waals surface area contributed by atoms with E-state index in [4.69, 9.17) is 5.11 Å². The number of pyridine rings is 1. The number of hydrogen-bond donors (Lipinski definition) is 1. The highest BCUT2D eigenvalue weighted by Gasteiger charge is 2.15. The van der Waals surface area contributed by atoms with Gasteiger partial charge < -0.3 is 9.67 Å². The average molecular weight is 359 g/mol. The van der Waals surface area contributed by atoms with Crippen molar-refractivity contribution in [3.05, 3.63) is 66.5 Å². The first-order valence-corrected chi connectivity index (χ1v) is 8.90. The van der Waals surface area contributed by atoms with Crippen LogP contribution in [0.4, 0.5) is 0 Å². The molecule has 0 aliphatic heterocycles. The number of rotatable bonds is 4. The molecule has 2 aromatic carbocycles. The van der Waals surface area contributed by atoms with Crippen molar-refractivity contribution < 1.29 is 9.90 Å². The summed E-state index contributed by atoms with van der Waals surface area (Å²) in [5, 5.41) is 22.1. The monoisotopic (exact) mass is 359 g/mol. The predicted octanol–water partition coefficient (Wildman–Crippen LogP) is 4.23. The molecular formula is C20H13N3O2S. The molecule has 0 aliphatic carbocycles. The second kappa shape index (κ2) is 6.54. The largest absolute Gasteiger partial charge is 0.481 e. The maximum absolute atomic E-state index is 11.1. The van der Waals surface area contributed by atoms with Crippen LogP contribution in [-0.4, -0.2) is 26.4 Å². The van der Waals surface area contributed by atoms with Crippen molar-refractivity contribution in [1.29, 1.82) is 5.26 Å². The Morgan fingerprint density at radius 3 is 2.77 bits per heavy atom. The van der Waals surface area contributed by atoms with Crippen LogP contribution in [-0.2, 0) is 4.79 Å². The third-order valence-electron chi connectivity index (χ3n) is 4.18. The Kier molecular flexibility index (Phi) is 4.07. The first-order valence-electron chi connectivity index (χ1n) is 7.91. The van der Waals surface area contributed by atoms with Gasteiger partial charge in [-0.1, -0.05) is 36.0 Å². The SMILES string of the molecule is N#Cc1ccc(-n2c(SCC(=O)O)cc3ccncc32)c2ccccc12. The number of hydrogen-bond acceptors (Lipinski definition) is 4. The first kappa shape index (κ1) is 16.2. The lowest BCUT2D eigenvalue weighted by atomic mass is 10.0. The summed E-state index contributed by atoms with van der Waals surface area (Å²) in [6.07, 6.45) is 3.49. The molecule has 0 saturated carbocycles. The number of carboxylic acids is 1. The van der Waals surface area contributed by atoms with Crippen molar-refractivity contribution >= 4 is 39.4 Å². The molecule has 0 radical (unpaired) electrons. The number of aromatic nitrogens is 2. The molecule has 0 atom stereocenters. The summed E-state index contributed by atoms with van der Waals surface area (Å²) in [4.78, 5) is 15.3. The van der Waals surface area contributed by atoms with Crippen LogP contribution in [0, 0.1) is 11.3 Å². The van der Waals surface area contributed by atoms with Crippen LogP contribution in [0.2, 0.25) is 0 Å². The van der Waals surface area contributed by atoms with Gasteiger partial charge in [0.25, 0.3) is 0 Å². The third kappa shape index (κ3) is 2.68. The van der Waals surface area contributed by atoms with Gasteiger partial charge in [0.15, 0.2) is 0 Å². The number of thioether (sulfide) groups is 1. The number of aliphatic carboxylic acids is 1. The topological polar surface area (TPSA) is 78.9 Å². The van der Waals surface area contributed by atoms with Gasteiger partial charge in [-0.05, 0) is 24.3 Å². The molecule has 1 N–H and O–H groups in total. The van der Waals surface area contributed by atoms with E-state index >= 15 is 0 Å². The Morgan fingerprint density at radius 1 is 1.19 bits per heavy atom. The van der Waals surface area contributed by atoms with Gasteiger partial charge in [0.2, 0.25) is 0 Å². The molecule has 0 unspecified atom stereocenters. The number of fused-ring (bicyclic) bond motifs is 2. The number of carbonyl (C=O) groups is 1. The molecule has 6 heteroatoms. The zero-order chi connectivity index (χ0) is 18.1. The van der Waals surface area contributed by atoms with Crippen molar-refractivity contribution in [2.45, 2.75) is 5.03 Å². The van der Waals surface area contributed by atoms with Gasteiger partial charge >= 0.3 is 5.97 Å². The van der Waals surface area contributed by atoms with Crippen molar-refractivity contribution in [3.8, 4) is 11.8 Å². The van der Waals surface area contributed by atoms with Crippen molar-refractivity contribution in [1.82, 2.24) is 9.55 Å². The van der Waals surface area contributed by atoms with Gasteiger partial charge in [-0.3, -0.25) is 9.78 Å². The molecule has 126 valence electrons. The third-order valence-corrected chi connectivity index (χ3v) is 5.17. The lowest BCUT2D eigenvalue weighted by Crippen LogP contribution is -2.02. The van der Waals surface area contributed by atoms with Crippen LogP contribution in [0.5, 0.6) is 0 Å². The molecule has 2 aromatic heterocycles. The Labute approximate surface area is 153 Å². The van der Waals surface area contributed by atoms with E-state index in [1.165, 1.54) is 11.8 Å². The Balaban J connectivity index is 2.03. The number of nitriles is 1. The van der Waals surface area contributed by atoms with Crippen molar-refractivity contribution in [2.24, 2.45) is 0 Å². The standard InChI is InChI=1S/C20H13N3O2S/c21-10-14-5-6-17(16-4-2-1-3-15(14)16)23-18-11-22-8-7-13(18)9-19(23)26-12-20(24)25/h1-9,11H,12H2,(H,24,25). The van der Waals surface area contributed by atoms with Crippen molar-refractivity contribution in [2.75, 3.05) is 5.75 Å². The van der Waals surface area contributed by atoms with Crippen LogP contribution >= 0.6 is 11.8 Å². The predicted molar refractivity (Wildman–Crippen MR) is 102 cm³/mol. The highest BCUT2D eigenvalue weighted by Crippen LogP contribution is 2.34. The summed E-state index contributed by atoms with van der Waals surface area (Å²) in [5.41, 5.74) is 2.41. The van der Waals surface area contributed by atoms with E-state index in [0.29, 0.717) is 5.56 Å². The molecule has 2 heterocycles. The molecule has 0 saturated heterocycles. The average Bonchev–Trinajstić information content (AvgIpc) is 3.03. The fraction of sp³-hybridized carbons (Fsp3) is 0.0500. The molecule has 26 heavy (non-hydrogen) atoms. The lowest BCUT2D eigenvalue weighted by Gasteiger charge is -2.13. The molecule has 0 fully saturated rings. The fourth-order valence-corrected chi connectivity index (χ4v) is 3.90. The van der Waals surface area contributed by atoms with E-state index in [1.807, 2.05) is 47.0 Å². The van der Waals surface area contributed by atoms with Gasteiger partial charge in [0.1, 0.15) is 0 Å². The first-order chi connectivity index (χ1) is 12.7. The second-order valence-electron chi connectivity index (χ2n) is 5.72. The van der Waals surface area contributed by atoms with Crippen LogP contribution in [0.25, 0.3) is 27.4 Å². The lowest BCUT2D eigenvalue weighted by molar-refractivity contribution is -0.133. The highest BCUT2D eigenvalue weighted by atomic mass is 32.2. The molecule has 0 bridgehead atoms. The number of carboxylic acid groups (broad SMARTS) is 1. The highest BCUT2D eigenvalue weighted by molar-refractivity contribution is 7.99. The minimum Gasteiger partial charge on any atom is -0.481 e. The number of nitrogens with zero attached hydrogens (tertiary/aromatic N) is 3. The zero-order valence-electron chi connectivity index (χ0n) is 13.6. The molecule has 0 spiro atoms. The van der Waals surface area contributed by atoms with Gasteiger partial charge in [0, 0.05) is 22.4 Å². The summed E-state index contributed by atoms with van der Waals surface area (Å²) in [6, 6.07) is 17.5. The van der Waals surface area contributed by atoms with Gasteiger partial charge in [-0.25, -0.2) is 0 Å². The summed E-state index contributed by atoms with van der Waals surface area (Å²) in [5.74, 6) is -0.896. The summed E-state index contributed by atoms with van der Waals surface area (Å²) in [6.45, 7) is 0. The maximum Gasteiger partial charge on any atom is 0.313 e. The fourth-order valence-electron chi connectivity index (χ4n) is 3.09. The maximum atomic E-state index is 11.1. The Hall–Kier alpha value is -3.30. The van der Waals surface area contributed by atoms with E-state index in [0.717, 1.165) is 32.4 Å². The molecule has 5 nitrogen and oxygen atoms in total. The number of benzene rings is 2. The Morgan fingerprint density at radius 2 is 2.00 bits per heavy atom. The van der Waals surface area contributed by atoms with E-state index in [-0.39, 0.29) is 5.75 Å². The normalized spacial score (nSPS) is 10.9. The van der Waals surface area contributed by atoms with E-state index in [9.17, 15) is 10.1 Å². The van der Waals surface area contributed by atoms with E-state index < -0.39 is 5.97 Å². The molecule has 0 aliphatic rings. The van der Waals surface area contributed by atoms with Gasteiger partial charge in [-0.2, -0.15) is 5.26 Å². The second-order valence-corrected chi connectivity index (χ2v) is 6.72. The summed E-state index contributed by atoms with van der Waals surface area (Å²) < 4.78 is 2.01. The smallest absolute Gasteiger partial charge is 0.313 e. The minimum absolute atomic E-state index is 0.0298.